The van der Waals surface area contributed by atoms with Gasteiger partial charge < -0.3 is 10.2 Å². The molecule has 0 aliphatic carbocycles. The predicted molar refractivity (Wildman–Crippen MR) is 104 cm³/mol. The third-order valence-electron chi connectivity index (χ3n) is 5.19. The molecule has 0 atom stereocenters. The number of likely N-dealkylation sites (tertiary alicyclic amines) is 1. The largest absolute Gasteiger partial charge is 0.356 e. The summed E-state index contributed by atoms with van der Waals surface area (Å²) in [6.45, 7) is 3.84. The highest BCUT2D eigenvalue weighted by molar-refractivity contribution is 5.93. The SMILES string of the molecule is CC(=O)NCCc1ccc(CC2CCN(C(=O)c3cnn(C)c3)CC2)cc1. The molecule has 0 unspecified atom stereocenters. The molecular formula is C21H28N4O2. The third kappa shape index (κ3) is 5.42. The molecule has 2 amide bonds. The molecule has 27 heavy (non-hydrogen) atoms. The van der Waals surface area contributed by atoms with Gasteiger partial charge in [-0.05, 0) is 42.7 Å². The van der Waals surface area contributed by atoms with E-state index in [1.54, 1.807) is 24.0 Å². The van der Waals surface area contributed by atoms with Crippen LogP contribution in [0.1, 0.15) is 41.3 Å². The number of hydrogen-bond donors (Lipinski definition) is 1. The van der Waals surface area contributed by atoms with Gasteiger partial charge in [-0.3, -0.25) is 14.3 Å². The van der Waals surface area contributed by atoms with Crippen LogP contribution in [0.15, 0.2) is 36.7 Å². The Morgan fingerprint density at radius 3 is 2.41 bits per heavy atom. The Morgan fingerprint density at radius 2 is 1.81 bits per heavy atom. The molecule has 144 valence electrons. The maximum absolute atomic E-state index is 12.5. The van der Waals surface area contributed by atoms with Gasteiger partial charge in [0.25, 0.3) is 5.91 Å². The molecule has 0 radical (unpaired) electrons. The fraction of sp³-hybridized carbons (Fsp3) is 0.476. The zero-order chi connectivity index (χ0) is 19.2. The van der Waals surface area contributed by atoms with E-state index in [9.17, 15) is 9.59 Å². The Kier molecular flexibility index (Phi) is 6.27. The van der Waals surface area contributed by atoms with Crippen molar-refractivity contribution in [3.8, 4) is 0 Å². The van der Waals surface area contributed by atoms with Crippen LogP contribution < -0.4 is 5.32 Å². The lowest BCUT2D eigenvalue weighted by Gasteiger charge is -2.32. The van der Waals surface area contributed by atoms with Gasteiger partial charge in [0.2, 0.25) is 5.91 Å². The van der Waals surface area contributed by atoms with Gasteiger partial charge >= 0.3 is 0 Å². The summed E-state index contributed by atoms with van der Waals surface area (Å²) >= 11 is 0. The summed E-state index contributed by atoms with van der Waals surface area (Å²) in [5.41, 5.74) is 3.26. The van der Waals surface area contributed by atoms with E-state index in [2.05, 4.69) is 34.7 Å². The first-order valence-electron chi connectivity index (χ1n) is 9.61. The van der Waals surface area contributed by atoms with E-state index >= 15 is 0 Å². The van der Waals surface area contributed by atoms with Gasteiger partial charge in [-0.25, -0.2) is 0 Å². The van der Waals surface area contributed by atoms with E-state index in [0.29, 0.717) is 18.0 Å². The Labute approximate surface area is 160 Å². The second-order valence-electron chi connectivity index (χ2n) is 7.39. The molecule has 0 spiro atoms. The lowest BCUT2D eigenvalue weighted by molar-refractivity contribution is -0.118. The minimum absolute atomic E-state index is 0.0139. The summed E-state index contributed by atoms with van der Waals surface area (Å²) in [6, 6.07) is 8.68. The Hall–Kier alpha value is -2.63. The summed E-state index contributed by atoms with van der Waals surface area (Å²) in [4.78, 5) is 25.3. The van der Waals surface area contributed by atoms with Crippen molar-refractivity contribution in [3.63, 3.8) is 0 Å². The molecule has 1 aromatic heterocycles. The molecule has 2 aromatic rings. The monoisotopic (exact) mass is 368 g/mol. The number of carbonyl (C=O) groups excluding carboxylic acids is 2. The van der Waals surface area contributed by atoms with Crippen LogP contribution in [0.3, 0.4) is 0 Å². The van der Waals surface area contributed by atoms with E-state index in [-0.39, 0.29) is 11.8 Å². The maximum atomic E-state index is 12.5. The molecule has 1 saturated heterocycles. The highest BCUT2D eigenvalue weighted by Crippen LogP contribution is 2.23. The Morgan fingerprint density at radius 1 is 1.15 bits per heavy atom. The van der Waals surface area contributed by atoms with Crippen molar-refractivity contribution in [1.29, 1.82) is 0 Å². The normalized spacial score (nSPS) is 15.0. The smallest absolute Gasteiger partial charge is 0.257 e. The molecule has 1 N–H and O–H groups in total. The minimum Gasteiger partial charge on any atom is -0.356 e. The van der Waals surface area contributed by atoms with E-state index < -0.39 is 0 Å². The second-order valence-corrected chi connectivity index (χ2v) is 7.39. The molecule has 6 nitrogen and oxygen atoms in total. The number of benzene rings is 1. The first-order chi connectivity index (χ1) is 13.0. The van der Waals surface area contributed by atoms with Crippen LogP contribution in [0, 0.1) is 5.92 Å². The number of nitrogens with one attached hydrogen (secondary N) is 1. The summed E-state index contributed by atoms with van der Waals surface area (Å²) in [7, 11) is 1.83. The van der Waals surface area contributed by atoms with Crippen LogP contribution in [0.5, 0.6) is 0 Å². The van der Waals surface area contributed by atoms with Gasteiger partial charge in [0.05, 0.1) is 11.8 Å². The molecule has 1 fully saturated rings. The quantitative estimate of drug-likeness (QED) is 0.850. The number of rotatable bonds is 6. The van der Waals surface area contributed by atoms with Crippen LogP contribution in [0.2, 0.25) is 0 Å². The fourth-order valence-corrected chi connectivity index (χ4v) is 3.61. The average Bonchev–Trinajstić information content (AvgIpc) is 3.09. The molecule has 1 aliphatic heterocycles. The number of hydrogen-bond acceptors (Lipinski definition) is 3. The van der Waals surface area contributed by atoms with Crippen LogP contribution in [0.4, 0.5) is 0 Å². The average molecular weight is 368 g/mol. The highest BCUT2D eigenvalue weighted by atomic mass is 16.2. The van der Waals surface area contributed by atoms with Gasteiger partial charge in [-0.2, -0.15) is 5.10 Å². The van der Waals surface area contributed by atoms with Gasteiger partial charge in [0.15, 0.2) is 0 Å². The zero-order valence-electron chi connectivity index (χ0n) is 16.1. The Balaban J connectivity index is 1.45. The van der Waals surface area contributed by atoms with Crippen molar-refractivity contribution in [2.45, 2.75) is 32.6 Å². The molecule has 0 bridgehead atoms. The van der Waals surface area contributed by atoms with Crippen LogP contribution in [0.25, 0.3) is 0 Å². The lowest BCUT2D eigenvalue weighted by atomic mass is 9.89. The molecule has 2 heterocycles. The van der Waals surface area contributed by atoms with Crippen molar-refractivity contribution >= 4 is 11.8 Å². The number of piperidine rings is 1. The third-order valence-corrected chi connectivity index (χ3v) is 5.19. The summed E-state index contributed by atoms with van der Waals surface area (Å²) in [5, 5.41) is 6.91. The van der Waals surface area contributed by atoms with Crippen molar-refractivity contribution in [2.75, 3.05) is 19.6 Å². The maximum Gasteiger partial charge on any atom is 0.257 e. The van der Waals surface area contributed by atoms with E-state index in [1.807, 2.05) is 11.9 Å². The van der Waals surface area contributed by atoms with E-state index in [4.69, 9.17) is 0 Å². The summed E-state index contributed by atoms with van der Waals surface area (Å²) in [5.74, 6) is 0.721. The topological polar surface area (TPSA) is 67.2 Å². The van der Waals surface area contributed by atoms with Gasteiger partial charge in [0.1, 0.15) is 0 Å². The molecular weight excluding hydrogens is 340 g/mol. The van der Waals surface area contributed by atoms with Crippen LogP contribution in [-0.2, 0) is 24.7 Å². The lowest BCUT2D eigenvalue weighted by Crippen LogP contribution is -2.38. The van der Waals surface area contributed by atoms with Gasteiger partial charge in [-0.15, -0.1) is 0 Å². The minimum atomic E-state index is 0.0139. The van der Waals surface area contributed by atoms with Crippen molar-refractivity contribution in [1.82, 2.24) is 20.0 Å². The van der Waals surface area contributed by atoms with Crippen LogP contribution in [-0.4, -0.2) is 46.1 Å². The molecule has 1 aliphatic rings. The van der Waals surface area contributed by atoms with E-state index in [0.717, 1.165) is 38.8 Å². The molecule has 0 saturated carbocycles. The Bertz CT molecular complexity index is 774. The number of amides is 2. The number of aromatic nitrogens is 2. The number of nitrogens with zero attached hydrogens (tertiary/aromatic N) is 3. The van der Waals surface area contributed by atoms with Crippen molar-refractivity contribution < 1.29 is 9.59 Å². The second kappa shape index (κ2) is 8.84. The standard InChI is InChI=1S/C21H28N4O2/c1-16(26)22-10-7-17-3-5-18(6-4-17)13-19-8-11-25(12-9-19)21(27)20-14-23-24(2)15-20/h3-6,14-15,19H,7-13H2,1-2H3,(H,22,26). The van der Waals surface area contributed by atoms with Crippen molar-refractivity contribution in [3.05, 3.63) is 53.3 Å². The summed E-state index contributed by atoms with van der Waals surface area (Å²) < 4.78 is 1.67. The fourth-order valence-electron chi connectivity index (χ4n) is 3.61. The first-order valence-corrected chi connectivity index (χ1v) is 9.61. The molecule has 3 rings (SSSR count). The zero-order valence-corrected chi connectivity index (χ0v) is 16.1. The van der Waals surface area contributed by atoms with Crippen molar-refractivity contribution in [2.24, 2.45) is 13.0 Å². The van der Waals surface area contributed by atoms with E-state index in [1.165, 1.54) is 11.1 Å². The number of carbonyl (C=O) groups is 2. The summed E-state index contributed by atoms with van der Waals surface area (Å²) in [6.07, 6.45) is 7.41. The van der Waals surface area contributed by atoms with Crippen LogP contribution >= 0.6 is 0 Å². The molecule has 6 heteroatoms. The molecule has 1 aromatic carbocycles. The predicted octanol–water partition coefficient (Wildman–Crippen LogP) is 2.19. The van der Waals surface area contributed by atoms with Gasteiger partial charge in [0, 0.05) is 39.8 Å². The number of aryl methyl sites for hydroxylation is 1. The van der Waals surface area contributed by atoms with Gasteiger partial charge in [-0.1, -0.05) is 24.3 Å². The first kappa shape index (κ1) is 19.1. The highest BCUT2D eigenvalue weighted by Gasteiger charge is 2.24.